The number of nitrogens with zero attached hydrogens (tertiary/aromatic N) is 2. The van der Waals surface area contributed by atoms with Crippen molar-refractivity contribution in [1.29, 1.82) is 0 Å². The molecule has 0 heterocycles. The highest BCUT2D eigenvalue weighted by atomic mass is 32.2. The van der Waals surface area contributed by atoms with E-state index in [1.54, 1.807) is 0 Å². The minimum atomic E-state index is -3.30. The fourth-order valence-corrected chi connectivity index (χ4v) is 3.59. The van der Waals surface area contributed by atoms with Crippen molar-refractivity contribution in [2.45, 2.75) is 34.1 Å². The summed E-state index contributed by atoms with van der Waals surface area (Å²) in [5, 5.41) is 2.83. The number of anilines is 2. The van der Waals surface area contributed by atoms with Crippen LogP contribution in [0.3, 0.4) is 0 Å². The van der Waals surface area contributed by atoms with E-state index in [1.807, 2.05) is 38.1 Å². The fraction of sp³-hybridized carbons (Fsp3) is 0.611. The highest BCUT2D eigenvalue weighted by Gasteiger charge is 2.18. The van der Waals surface area contributed by atoms with E-state index in [0.29, 0.717) is 6.54 Å². The summed E-state index contributed by atoms with van der Waals surface area (Å²) < 4.78 is 24.9. The number of hydrogen-bond donors (Lipinski definition) is 1. The van der Waals surface area contributed by atoms with Gasteiger partial charge in [-0.2, -0.15) is 0 Å². The average Bonchev–Trinajstić information content (AvgIpc) is 2.53. The second-order valence-electron chi connectivity index (χ2n) is 6.53. The van der Waals surface area contributed by atoms with E-state index in [0.717, 1.165) is 24.5 Å². The molecule has 142 valence electrons. The molecule has 1 aromatic carbocycles. The lowest BCUT2D eigenvalue weighted by Crippen LogP contribution is -2.35. The van der Waals surface area contributed by atoms with Gasteiger partial charge in [0.1, 0.15) is 0 Å². The van der Waals surface area contributed by atoms with Gasteiger partial charge in [0, 0.05) is 44.0 Å². The first-order valence-corrected chi connectivity index (χ1v) is 10.6. The Morgan fingerprint density at radius 3 is 2.12 bits per heavy atom. The lowest BCUT2D eigenvalue weighted by atomic mass is 10.2. The summed E-state index contributed by atoms with van der Waals surface area (Å²) in [6.45, 7) is 10.6. The van der Waals surface area contributed by atoms with Gasteiger partial charge in [-0.3, -0.25) is 4.79 Å². The molecule has 0 aliphatic carbocycles. The maximum Gasteiger partial charge on any atom is 0.225 e. The van der Waals surface area contributed by atoms with Gasteiger partial charge in [0.15, 0.2) is 0 Å². The van der Waals surface area contributed by atoms with Crippen LogP contribution >= 0.6 is 0 Å². The Balaban J connectivity index is 2.61. The molecule has 1 aromatic rings. The highest BCUT2D eigenvalue weighted by molar-refractivity contribution is 7.88. The van der Waals surface area contributed by atoms with E-state index in [9.17, 15) is 13.2 Å². The molecule has 1 amide bonds. The summed E-state index contributed by atoms with van der Waals surface area (Å²) in [4.78, 5) is 14.3. The van der Waals surface area contributed by atoms with Gasteiger partial charge in [0.25, 0.3) is 0 Å². The Morgan fingerprint density at radius 1 is 1.12 bits per heavy atom. The van der Waals surface area contributed by atoms with Crippen LogP contribution in [0.5, 0.6) is 0 Å². The zero-order valence-corrected chi connectivity index (χ0v) is 16.8. The van der Waals surface area contributed by atoms with Gasteiger partial charge in [-0.1, -0.05) is 13.8 Å². The molecule has 1 rings (SSSR count). The van der Waals surface area contributed by atoms with Crippen molar-refractivity contribution in [3.63, 3.8) is 0 Å². The van der Waals surface area contributed by atoms with Gasteiger partial charge in [0.2, 0.25) is 15.9 Å². The van der Waals surface area contributed by atoms with Crippen LogP contribution in [0.4, 0.5) is 11.4 Å². The van der Waals surface area contributed by atoms with Crippen molar-refractivity contribution >= 4 is 27.3 Å². The van der Waals surface area contributed by atoms with Crippen LogP contribution in [-0.4, -0.2) is 51.1 Å². The fourth-order valence-electron chi connectivity index (χ4n) is 2.59. The van der Waals surface area contributed by atoms with Crippen molar-refractivity contribution in [2.24, 2.45) is 5.92 Å². The second kappa shape index (κ2) is 9.77. The third kappa shape index (κ3) is 7.44. The molecule has 0 radical (unpaired) electrons. The zero-order valence-electron chi connectivity index (χ0n) is 15.9. The molecule has 0 aliphatic rings. The molecule has 0 unspecified atom stereocenters. The molecule has 25 heavy (non-hydrogen) atoms. The van der Waals surface area contributed by atoms with E-state index < -0.39 is 10.0 Å². The molecule has 1 N–H and O–H groups in total. The number of hydrogen-bond acceptors (Lipinski definition) is 4. The van der Waals surface area contributed by atoms with E-state index in [2.05, 4.69) is 24.1 Å². The van der Waals surface area contributed by atoms with Crippen molar-refractivity contribution in [3.8, 4) is 0 Å². The van der Waals surface area contributed by atoms with Crippen LogP contribution in [0.1, 0.15) is 34.1 Å². The molecule has 0 fully saturated rings. The number of amides is 1. The molecule has 0 atom stereocenters. The Hall–Kier alpha value is -1.60. The summed E-state index contributed by atoms with van der Waals surface area (Å²) in [6.07, 6.45) is 1.32. The first-order valence-electron chi connectivity index (χ1n) is 8.77. The molecular formula is C18H31N3O3S. The van der Waals surface area contributed by atoms with Crippen molar-refractivity contribution in [2.75, 3.05) is 42.7 Å². The molecule has 0 spiro atoms. The van der Waals surface area contributed by atoms with Crippen LogP contribution in [0.2, 0.25) is 0 Å². The largest absolute Gasteiger partial charge is 0.372 e. The summed E-state index contributed by atoms with van der Waals surface area (Å²) in [7, 11) is -3.30. The zero-order chi connectivity index (χ0) is 19.0. The van der Waals surface area contributed by atoms with Crippen LogP contribution in [-0.2, 0) is 14.8 Å². The number of nitrogens with one attached hydrogen (secondary N) is 1. The monoisotopic (exact) mass is 369 g/mol. The summed E-state index contributed by atoms with van der Waals surface area (Å²) in [5.74, 6) is 0.0263. The lowest BCUT2D eigenvalue weighted by molar-refractivity contribution is -0.116. The predicted octanol–water partition coefficient (Wildman–Crippen LogP) is 2.78. The Labute approximate surface area is 152 Å². The van der Waals surface area contributed by atoms with E-state index in [1.165, 1.54) is 10.6 Å². The van der Waals surface area contributed by atoms with Gasteiger partial charge >= 0.3 is 0 Å². The Bertz CT molecular complexity index is 638. The maximum absolute atomic E-state index is 12.1. The van der Waals surface area contributed by atoms with Crippen molar-refractivity contribution in [1.82, 2.24) is 4.31 Å². The molecule has 6 nitrogen and oxygen atoms in total. The number of carbonyl (C=O) groups excluding carboxylic acids is 1. The minimum Gasteiger partial charge on any atom is -0.372 e. The third-order valence-corrected chi connectivity index (χ3v) is 5.18. The second-order valence-corrected chi connectivity index (χ2v) is 8.51. The van der Waals surface area contributed by atoms with Gasteiger partial charge < -0.3 is 10.2 Å². The van der Waals surface area contributed by atoms with Crippen LogP contribution in [0, 0.1) is 5.92 Å². The van der Waals surface area contributed by atoms with E-state index in [-0.39, 0.29) is 24.8 Å². The molecular weight excluding hydrogens is 338 g/mol. The molecule has 0 aromatic heterocycles. The van der Waals surface area contributed by atoms with Crippen molar-refractivity contribution < 1.29 is 13.2 Å². The van der Waals surface area contributed by atoms with Crippen LogP contribution in [0.25, 0.3) is 0 Å². The van der Waals surface area contributed by atoms with Gasteiger partial charge in [-0.15, -0.1) is 0 Å². The number of carbonyl (C=O) groups is 1. The van der Waals surface area contributed by atoms with Crippen LogP contribution < -0.4 is 10.2 Å². The Kier molecular flexibility index (Phi) is 8.38. The quantitative estimate of drug-likeness (QED) is 0.688. The van der Waals surface area contributed by atoms with Crippen molar-refractivity contribution in [3.05, 3.63) is 24.3 Å². The molecule has 0 bridgehead atoms. The van der Waals surface area contributed by atoms with Gasteiger partial charge in [0.05, 0.1) is 6.26 Å². The number of rotatable bonds is 10. The smallest absolute Gasteiger partial charge is 0.225 e. The average molecular weight is 370 g/mol. The topological polar surface area (TPSA) is 69.7 Å². The first kappa shape index (κ1) is 21.4. The first-order chi connectivity index (χ1) is 11.7. The van der Waals surface area contributed by atoms with E-state index >= 15 is 0 Å². The summed E-state index contributed by atoms with van der Waals surface area (Å²) in [5.41, 5.74) is 1.83. The normalized spacial score (nSPS) is 11.8. The summed E-state index contributed by atoms with van der Waals surface area (Å²) in [6, 6.07) is 7.69. The van der Waals surface area contributed by atoms with Gasteiger partial charge in [-0.05, 0) is 44.0 Å². The van der Waals surface area contributed by atoms with Crippen LogP contribution in [0.15, 0.2) is 24.3 Å². The minimum absolute atomic E-state index is 0.136. The standard InChI is InChI=1S/C18H31N3O3S/c1-6-20(7-2)17-10-8-16(9-11-17)19-18(22)12-13-21(14-15(3)4)25(5,23)24/h8-11,15H,6-7,12-14H2,1-5H3,(H,19,22). The van der Waals surface area contributed by atoms with E-state index in [4.69, 9.17) is 0 Å². The number of benzene rings is 1. The molecule has 0 aliphatic heterocycles. The highest BCUT2D eigenvalue weighted by Crippen LogP contribution is 2.18. The molecule has 7 heteroatoms. The molecule has 0 saturated heterocycles. The predicted molar refractivity (Wildman–Crippen MR) is 105 cm³/mol. The number of sulfonamides is 1. The Morgan fingerprint density at radius 2 is 1.68 bits per heavy atom. The summed E-state index contributed by atoms with van der Waals surface area (Å²) >= 11 is 0. The van der Waals surface area contributed by atoms with Gasteiger partial charge in [-0.25, -0.2) is 12.7 Å². The molecule has 0 saturated carbocycles. The lowest BCUT2D eigenvalue weighted by Gasteiger charge is -2.22. The maximum atomic E-state index is 12.1. The SMILES string of the molecule is CCN(CC)c1ccc(NC(=O)CCN(CC(C)C)S(C)(=O)=O)cc1. The third-order valence-electron chi connectivity index (χ3n) is 3.91.